The Labute approximate surface area is 139 Å². The van der Waals surface area contributed by atoms with Gasteiger partial charge in [-0.15, -0.1) is 0 Å². The van der Waals surface area contributed by atoms with Gasteiger partial charge < -0.3 is 10.1 Å². The van der Waals surface area contributed by atoms with Crippen LogP contribution in [0.2, 0.25) is 0 Å². The van der Waals surface area contributed by atoms with E-state index in [1.54, 1.807) is 12.1 Å². The molecular weight excluding hydrogens is 332 g/mol. The van der Waals surface area contributed by atoms with Gasteiger partial charge in [-0.25, -0.2) is 13.1 Å². The number of carbonyl (C=O) groups is 2. The first-order valence-corrected chi connectivity index (χ1v) is 8.39. The summed E-state index contributed by atoms with van der Waals surface area (Å²) in [6, 6.07) is 11.5. The summed E-state index contributed by atoms with van der Waals surface area (Å²) in [5, 5.41) is 2.53. The Morgan fingerprint density at radius 1 is 0.958 bits per heavy atom. The van der Waals surface area contributed by atoms with Gasteiger partial charge >= 0.3 is 0 Å². The number of anilines is 1. The quantitative estimate of drug-likeness (QED) is 0.857. The molecule has 0 unspecified atom stereocenters. The van der Waals surface area contributed by atoms with Crippen LogP contribution in [0, 0.1) is 0 Å². The molecule has 0 bridgehead atoms. The van der Waals surface area contributed by atoms with E-state index < -0.39 is 15.9 Å². The fourth-order valence-corrected chi connectivity index (χ4v) is 2.88. The number of hydrogen-bond donors (Lipinski definition) is 2. The maximum absolute atomic E-state index is 12.2. The van der Waals surface area contributed by atoms with Crippen LogP contribution in [-0.2, 0) is 14.8 Å². The van der Waals surface area contributed by atoms with Crippen molar-refractivity contribution in [3.63, 3.8) is 0 Å². The topological polar surface area (TPSA) is 102 Å². The first-order valence-electron chi connectivity index (χ1n) is 6.90. The first-order chi connectivity index (χ1) is 11.3. The number of rotatable bonds is 5. The molecule has 2 N–H and O–H groups in total. The molecule has 24 heavy (non-hydrogen) atoms. The van der Waals surface area contributed by atoms with Gasteiger partial charge in [0.25, 0.3) is 15.9 Å². The number of carbonyl (C=O) groups excluding carboxylic acids is 2. The summed E-state index contributed by atoms with van der Waals surface area (Å²) in [6.07, 6.45) is 0. The molecule has 0 radical (unpaired) electrons. The summed E-state index contributed by atoms with van der Waals surface area (Å²) in [4.78, 5) is 22.9. The normalized spacial score (nSPS) is 10.8. The van der Waals surface area contributed by atoms with E-state index in [0.717, 1.165) is 0 Å². The van der Waals surface area contributed by atoms with E-state index in [-0.39, 0.29) is 16.4 Å². The highest BCUT2D eigenvalue weighted by atomic mass is 32.2. The number of sulfonamides is 1. The Morgan fingerprint density at radius 3 is 2.04 bits per heavy atom. The SMILES string of the molecule is COc1ccc(C(=O)NS(=O)(=O)c2ccc(NC(C)=O)cc2)cc1. The van der Waals surface area contributed by atoms with Crippen molar-refractivity contribution in [2.45, 2.75) is 11.8 Å². The molecule has 0 saturated carbocycles. The zero-order chi connectivity index (χ0) is 17.7. The highest BCUT2D eigenvalue weighted by Crippen LogP contribution is 2.15. The second kappa shape index (κ2) is 7.14. The average molecular weight is 348 g/mol. The number of ether oxygens (including phenoxy) is 1. The Balaban J connectivity index is 2.14. The van der Waals surface area contributed by atoms with Gasteiger partial charge in [-0.1, -0.05) is 0 Å². The Morgan fingerprint density at radius 2 is 1.54 bits per heavy atom. The smallest absolute Gasteiger partial charge is 0.265 e. The third-order valence-corrected chi connectivity index (χ3v) is 4.41. The lowest BCUT2D eigenvalue weighted by molar-refractivity contribution is -0.114. The number of hydrogen-bond acceptors (Lipinski definition) is 5. The molecule has 7 nitrogen and oxygen atoms in total. The zero-order valence-corrected chi connectivity index (χ0v) is 13.9. The second-order valence-corrected chi connectivity index (χ2v) is 6.55. The molecule has 2 amide bonds. The van der Waals surface area contributed by atoms with Crippen molar-refractivity contribution in [2.75, 3.05) is 12.4 Å². The minimum Gasteiger partial charge on any atom is -0.497 e. The third-order valence-electron chi connectivity index (χ3n) is 3.06. The van der Waals surface area contributed by atoms with Crippen molar-refractivity contribution in [1.82, 2.24) is 4.72 Å². The molecule has 0 aliphatic rings. The molecule has 2 rings (SSSR count). The summed E-state index contributed by atoms with van der Waals surface area (Å²) in [5.41, 5.74) is 0.650. The highest BCUT2D eigenvalue weighted by molar-refractivity contribution is 7.90. The van der Waals surface area contributed by atoms with Gasteiger partial charge in [0.05, 0.1) is 12.0 Å². The average Bonchev–Trinajstić information content (AvgIpc) is 2.54. The van der Waals surface area contributed by atoms with E-state index in [1.807, 2.05) is 4.72 Å². The third kappa shape index (κ3) is 4.32. The fourth-order valence-electron chi connectivity index (χ4n) is 1.90. The summed E-state index contributed by atoms with van der Waals surface area (Å²) in [7, 11) is -2.52. The van der Waals surface area contributed by atoms with Crippen LogP contribution in [0.15, 0.2) is 53.4 Å². The molecule has 0 heterocycles. The van der Waals surface area contributed by atoms with Crippen molar-refractivity contribution in [3.8, 4) is 5.75 Å². The molecule has 0 aromatic heterocycles. The summed E-state index contributed by atoms with van der Waals surface area (Å²) in [6.45, 7) is 1.35. The van der Waals surface area contributed by atoms with Gasteiger partial charge in [0.1, 0.15) is 5.75 Å². The van der Waals surface area contributed by atoms with Crippen molar-refractivity contribution < 1.29 is 22.7 Å². The van der Waals surface area contributed by atoms with Crippen LogP contribution >= 0.6 is 0 Å². The molecule has 0 aliphatic carbocycles. The van der Waals surface area contributed by atoms with E-state index >= 15 is 0 Å². The number of benzene rings is 2. The number of nitrogens with one attached hydrogen (secondary N) is 2. The highest BCUT2D eigenvalue weighted by Gasteiger charge is 2.18. The Hall–Kier alpha value is -2.87. The number of amides is 2. The van der Waals surface area contributed by atoms with Crippen LogP contribution < -0.4 is 14.8 Å². The van der Waals surface area contributed by atoms with E-state index in [9.17, 15) is 18.0 Å². The molecule has 8 heteroatoms. The van der Waals surface area contributed by atoms with Gasteiger partial charge in [0, 0.05) is 18.2 Å². The zero-order valence-electron chi connectivity index (χ0n) is 13.1. The van der Waals surface area contributed by atoms with Crippen LogP contribution in [0.4, 0.5) is 5.69 Å². The molecule has 2 aromatic rings. The standard InChI is InChI=1S/C16H16N2O5S/c1-11(19)17-13-5-9-15(10-6-13)24(21,22)18-16(20)12-3-7-14(23-2)8-4-12/h3-10H,1-2H3,(H,17,19)(H,18,20). The Bertz CT molecular complexity index is 843. The van der Waals surface area contributed by atoms with E-state index in [1.165, 1.54) is 50.4 Å². The number of methoxy groups -OCH3 is 1. The predicted octanol–water partition coefficient (Wildman–Crippen LogP) is 1.77. The van der Waals surface area contributed by atoms with Gasteiger partial charge in [0.15, 0.2) is 0 Å². The van der Waals surface area contributed by atoms with Crippen LogP contribution in [0.1, 0.15) is 17.3 Å². The fraction of sp³-hybridized carbons (Fsp3) is 0.125. The molecular formula is C16H16N2O5S. The monoisotopic (exact) mass is 348 g/mol. The van der Waals surface area contributed by atoms with Gasteiger partial charge in [-0.2, -0.15) is 0 Å². The first kappa shape index (κ1) is 17.5. The summed E-state index contributed by atoms with van der Waals surface area (Å²) >= 11 is 0. The lowest BCUT2D eigenvalue weighted by Gasteiger charge is -2.08. The van der Waals surface area contributed by atoms with Crippen LogP contribution in [-0.4, -0.2) is 27.3 Å². The van der Waals surface area contributed by atoms with Gasteiger partial charge in [0.2, 0.25) is 5.91 Å². The van der Waals surface area contributed by atoms with E-state index in [2.05, 4.69) is 5.32 Å². The summed E-state index contributed by atoms with van der Waals surface area (Å²) < 4.78 is 31.4. The molecule has 0 atom stereocenters. The molecule has 0 saturated heterocycles. The van der Waals surface area contributed by atoms with Crippen molar-refractivity contribution in [2.24, 2.45) is 0 Å². The molecule has 0 spiro atoms. The van der Waals surface area contributed by atoms with Crippen LogP contribution in [0.3, 0.4) is 0 Å². The van der Waals surface area contributed by atoms with Crippen LogP contribution in [0.5, 0.6) is 5.75 Å². The van der Waals surface area contributed by atoms with E-state index in [4.69, 9.17) is 4.74 Å². The molecule has 2 aromatic carbocycles. The maximum Gasteiger partial charge on any atom is 0.265 e. The van der Waals surface area contributed by atoms with Gasteiger partial charge in [-0.3, -0.25) is 9.59 Å². The second-order valence-electron chi connectivity index (χ2n) is 4.87. The Kier molecular flexibility index (Phi) is 5.20. The van der Waals surface area contributed by atoms with E-state index in [0.29, 0.717) is 11.4 Å². The minimum atomic E-state index is -4.01. The van der Waals surface area contributed by atoms with Crippen molar-refractivity contribution >= 4 is 27.5 Å². The minimum absolute atomic E-state index is 0.0848. The predicted molar refractivity (Wildman–Crippen MR) is 88.4 cm³/mol. The van der Waals surface area contributed by atoms with Crippen LogP contribution in [0.25, 0.3) is 0 Å². The molecule has 126 valence electrons. The lowest BCUT2D eigenvalue weighted by atomic mass is 10.2. The van der Waals surface area contributed by atoms with Crippen molar-refractivity contribution in [1.29, 1.82) is 0 Å². The van der Waals surface area contributed by atoms with Gasteiger partial charge in [-0.05, 0) is 48.5 Å². The largest absolute Gasteiger partial charge is 0.497 e. The van der Waals surface area contributed by atoms with Crippen molar-refractivity contribution in [3.05, 3.63) is 54.1 Å². The summed E-state index contributed by atoms with van der Waals surface area (Å²) in [5.74, 6) is -0.454. The molecule has 0 aliphatic heterocycles. The maximum atomic E-state index is 12.2. The lowest BCUT2D eigenvalue weighted by Crippen LogP contribution is -2.30. The molecule has 0 fully saturated rings.